The molecule has 1 aliphatic rings. The van der Waals surface area contributed by atoms with E-state index >= 15 is 0 Å². The maximum atomic E-state index is 14.0. The molecular formula is C19H19FN2O5S. The quantitative estimate of drug-likeness (QED) is 0.717. The van der Waals surface area contributed by atoms with Crippen molar-refractivity contribution in [1.82, 2.24) is 0 Å². The average molecular weight is 406 g/mol. The summed E-state index contributed by atoms with van der Waals surface area (Å²) in [6, 6.07) is 3.68. The normalized spacial score (nSPS) is 13.5. The molecule has 0 saturated heterocycles. The van der Waals surface area contributed by atoms with Crippen LogP contribution in [0.1, 0.15) is 44.5 Å². The monoisotopic (exact) mass is 406 g/mol. The van der Waals surface area contributed by atoms with Gasteiger partial charge in [0.2, 0.25) is 0 Å². The lowest BCUT2D eigenvalue weighted by Gasteiger charge is -2.14. The van der Waals surface area contributed by atoms with E-state index < -0.39 is 29.7 Å². The SMILES string of the molecule is COc1ccc(C(=O)O[C@H](C)C(=O)Nc2sc3c(c2C(N)=O)CCC3)c(F)c1. The summed E-state index contributed by atoms with van der Waals surface area (Å²) in [4.78, 5) is 37.4. The van der Waals surface area contributed by atoms with Crippen LogP contribution in [-0.4, -0.2) is 31.0 Å². The number of halogens is 1. The molecule has 0 radical (unpaired) electrons. The number of hydrogen-bond donors (Lipinski definition) is 2. The zero-order valence-corrected chi connectivity index (χ0v) is 16.2. The van der Waals surface area contributed by atoms with Crippen LogP contribution in [0.5, 0.6) is 5.75 Å². The summed E-state index contributed by atoms with van der Waals surface area (Å²) >= 11 is 1.30. The van der Waals surface area contributed by atoms with Gasteiger partial charge in [0.15, 0.2) is 6.10 Å². The number of carbonyl (C=O) groups excluding carboxylic acids is 3. The van der Waals surface area contributed by atoms with E-state index in [1.165, 1.54) is 37.5 Å². The maximum absolute atomic E-state index is 14.0. The van der Waals surface area contributed by atoms with Gasteiger partial charge in [0, 0.05) is 10.9 Å². The van der Waals surface area contributed by atoms with Crippen LogP contribution < -0.4 is 15.8 Å². The zero-order valence-electron chi connectivity index (χ0n) is 15.3. The third-order valence-corrected chi connectivity index (χ3v) is 5.66. The van der Waals surface area contributed by atoms with Crippen LogP contribution in [0.25, 0.3) is 0 Å². The van der Waals surface area contributed by atoms with Gasteiger partial charge < -0.3 is 20.5 Å². The largest absolute Gasteiger partial charge is 0.497 e. The number of rotatable bonds is 6. The first-order chi connectivity index (χ1) is 13.3. The van der Waals surface area contributed by atoms with Gasteiger partial charge in [-0.1, -0.05) is 0 Å². The maximum Gasteiger partial charge on any atom is 0.341 e. The van der Waals surface area contributed by atoms with Crippen molar-refractivity contribution < 1.29 is 28.2 Å². The van der Waals surface area contributed by atoms with Crippen LogP contribution in [0.15, 0.2) is 18.2 Å². The molecular weight excluding hydrogens is 387 g/mol. The van der Waals surface area contributed by atoms with Gasteiger partial charge in [-0.15, -0.1) is 11.3 Å². The number of thiophene rings is 1. The summed E-state index contributed by atoms with van der Waals surface area (Å²) in [7, 11) is 1.37. The Kier molecular flexibility index (Phi) is 5.64. The van der Waals surface area contributed by atoms with Crippen LogP contribution >= 0.6 is 11.3 Å². The van der Waals surface area contributed by atoms with E-state index in [1.807, 2.05) is 0 Å². The zero-order chi connectivity index (χ0) is 20.4. The summed E-state index contributed by atoms with van der Waals surface area (Å²) in [5, 5.41) is 2.95. The molecule has 7 nitrogen and oxygen atoms in total. The number of hydrogen-bond acceptors (Lipinski definition) is 6. The number of benzene rings is 1. The lowest BCUT2D eigenvalue weighted by molar-refractivity contribution is -0.123. The van der Waals surface area contributed by atoms with Crippen LogP contribution in [0.3, 0.4) is 0 Å². The molecule has 3 rings (SSSR count). The second kappa shape index (κ2) is 7.97. The van der Waals surface area contributed by atoms with Crippen molar-refractivity contribution in [1.29, 1.82) is 0 Å². The summed E-state index contributed by atoms with van der Waals surface area (Å²) in [5.41, 5.74) is 6.33. The number of esters is 1. The molecule has 9 heteroatoms. The Labute approximate surface area is 164 Å². The number of nitrogens with one attached hydrogen (secondary N) is 1. The van der Waals surface area contributed by atoms with Gasteiger partial charge in [-0.05, 0) is 43.9 Å². The summed E-state index contributed by atoms with van der Waals surface area (Å²) in [5.74, 6) is -2.79. The second-order valence-corrected chi connectivity index (χ2v) is 7.41. The fourth-order valence-corrected chi connectivity index (χ4v) is 4.33. The average Bonchev–Trinajstić information content (AvgIpc) is 3.21. The number of aryl methyl sites for hydroxylation is 1. The first kappa shape index (κ1) is 19.8. The highest BCUT2D eigenvalue weighted by molar-refractivity contribution is 7.17. The predicted octanol–water partition coefficient (Wildman–Crippen LogP) is 2.67. The molecule has 1 aliphatic carbocycles. The second-order valence-electron chi connectivity index (χ2n) is 6.31. The minimum Gasteiger partial charge on any atom is -0.497 e. The van der Waals surface area contributed by atoms with E-state index in [-0.39, 0.29) is 11.3 Å². The van der Waals surface area contributed by atoms with Crippen LogP contribution in [0, 0.1) is 5.82 Å². The molecule has 1 aromatic heterocycles. The van der Waals surface area contributed by atoms with E-state index in [4.69, 9.17) is 15.2 Å². The van der Waals surface area contributed by atoms with Gasteiger partial charge in [0.05, 0.1) is 18.2 Å². The molecule has 1 atom stereocenters. The lowest BCUT2D eigenvalue weighted by Crippen LogP contribution is -2.30. The van der Waals surface area contributed by atoms with Gasteiger partial charge in [-0.3, -0.25) is 9.59 Å². The Morgan fingerprint density at radius 2 is 2.04 bits per heavy atom. The molecule has 3 N–H and O–H groups in total. The van der Waals surface area contributed by atoms with Gasteiger partial charge in [-0.2, -0.15) is 0 Å². The third-order valence-electron chi connectivity index (χ3n) is 4.45. The number of nitrogens with two attached hydrogens (primary N) is 1. The predicted molar refractivity (Wildman–Crippen MR) is 101 cm³/mol. The molecule has 148 valence electrons. The van der Waals surface area contributed by atoms with Crippen molar-refractivity contribution >= 4 is 34.1 Å². The topological polar surface area (TPSA) is 108 Å². The standard InChI is InChI=1S/C19H19FN2O5S/c1-9(27-19(25)11-7-6-10(26-2)8-13(11)20)17(24)22-18-15(16(21)23)12-4-3-5-14(12)28-18/h6-9H,3-5H2,1-2H3,(H2,21,23)(H,22,24)/t9-/m1/s1. The number of primary amides is 1. The highest BCUT2D eigenvalue weighted by Crippen LogP contribution is 2.38. The van der Waals surface area contributed by atoms with Crippen LogP contribution in [0.2, 0.25) is 0 Å². The smallest absolute Gasteiger partial charge is 0.341 e. The van der Waals surface area contributed by atoms with Crippen molar-refractivity contribution in [3.63, 3.8) is 0 Å². The van der Waals surface area contributed by atoms with Gasteiger partial charge in [0.1, 0.15) is 16.6 Å². The molecule has 2 aromatic rings. The summed E-state index contributed by atoms with van der Waals surface area (Å²) in [6.07, 6.45) is 1.31. The minimum atomic E-state index is -1.20. The van der Waals surface area contributed by atoms with Crippen LogP contribution in [0.4, 0.5) is 9.39 Å². The lowest BCUT2D eigenvalue weighted by atomic mass is 10.1. The molecule has 0 bridgehead atoms. The van der Waals surface area contributed by atoms with Gasteiger partial charge in [0.25, 0.3) is 11.8 Å². The molecule has 2 amide bonds. The first-order valence-electron chi connectivity index (χ1n) is 8.61. The molecule has 0 fully saturated rings. The Morgan fingerprint density at radius 1 is 1.29 bits per heavy atom. The van der Waals surface area contributed by atoms with Crippen molar-refractivity contribution in [2.24, 2.45) is 5.73 Å². The number of anilines is 1. The molecule has 0 saturated carbocycles. The van der Waals surface area contributed by atoms with Crippen molar-refractivity contribution in [2.75, 3.05) is 12.4 Å². The third kappa shape index (κ3) is 3.84. The number of carbonyl (C=O) groups is 3. The molecule has 1 aromatic carbocycles. The molecule has 1 heterocycles. The van der Waals surface area contributed by atoms with Crippen molar-refractivity contribution in [3.8, 4) is 5.75 Å². The van der Waals surface area contributed by atoms with Crippen molar-refractivity contribution in [2.45, 2.75) is 32.3 Å². The van der Waals surface area contributed by atoms with E-state index in [1.54, 1.807) is 0 Å². The van der Waals surface area contributed by atoms with Crippen LogP contribution in [-0.2, 0) is 22.4 Å². The molecule has 0 spiro atoms. The fourth-order valence-electron chi connectivity index (χ4n) is 3.03. The Hall–Kier alpha value is -2.94. The van der Waals surface area contributed by atoms with E-state index in [0.29, 0.717) is 10.6 Å². The molecule has 28 heavy (non-hydrogen) atoms. The first-order valence-corrected chi connectivity index (χ1v) is 9.43. The number of methoxy groups -OCH3 is 1. The number of fused-ring (bicyclic) bond motifs is 1. The van der Waals surface area contributed by atoms with E-state index in [2.05, 4.69) is 5.32 Å². The fraction of sp³-hybridized carbons (Fsp3) is 0.316. The number of ether oxygens (including phenoxy) is 2. The Balaban J connectivity index is 1.70. The van der Waals surface area contributed by atoms with E-state index in [9.17, 15) is 18.8 Å². The summed E-state index contributed by atoms with van der Waals surface area (Å²) < 4.78 is 23.9. The Bertz CT molecular complexity index is 956. The van der Waals surface area contributed by atoms with E-state index in [0.717, 1.165) is 35.8 Å². The Morgan fingerprint density at radius 3 is 2.68 bits per heavy atom. The highest BCUT2D eigenvalue weighted by atomic mass is 32.1. The highest BCUT2D eigenvalue weighted by Gasteiger charge is 2.28. The minimum absolute atomic E-state index is 0.254. The van der Waals surface area contributed by atoms with Gasteiger partial charge in [-0.25, -0.2) is 9.18 Å². The van der Waals surface area contributed by atoms with Crippen molar-refractivity contribution in [3.05, 3.63) is 45.6 Å². The summed E-state index contributed by atoms with van der Waals surface area (Å²) in [6.45, 7) is 1.36. The molecule has 0 unspecified atom stereocenters. The van der Waals surface area contributed by atoms with Gasteiger partial charge >= 0.3 is 5.97 Å². The number of amides is 2. The molecule has 0 aliphatic heterocycles.